The van der Waals surface area contributed by atoms with Gasteiger partial charge in [-0.25, -0.2) is 4.79 Å². The average molecular weight is 292 g/mol. The Bertz CT molecular complexity index is 477. The molecule has 1 heterocycles. The van der Waals surface area contributed by atoms with Crippen molar-refractivity contribution in [2.45, 2.75) is 58.7 Å². The van der Waals surface area contributed by atoms with Gasteiger partial charge in [0.2, 0.25) is 0 Å². The molecule has 0 unspecified atom stereocenters. The lowest BCUT2D eigenvalue weighted by molar-refractivity contribution is -0.145. The van der Waals surface area contributed by atoms with Crippen molar-refractivity contribution in [1.82, 2.24) is 0 Å². The lowest BCUT2D eigenvalue weighted by atomic mass is 9.90. The van der Waals surface area contributed by atoms with Crippen molar-refractivity contribution < 1.29 is 19.1 Å². The second-order valence-corrected chi connectivity index (χ2v) is 6.19. The number of ether oxygens (including phenoxy) is 2. The van der Waals surface area contributed by atoms with Gasteiger partial charge < -0.3 is 9.47 Å². The van der Waals surface area contributed by atoms with Crippen LogP contribution in [0.25, 0.3) is 0 Å². The second kappa shape index (κ2) is 6.46. The van der Waals surface area contributed by atoms with Crippen LogP contribution in [0.2, 0.25) is 0 Å². The Labute approximate surface area is 126 Å². The van der Waals surface area contributed by atoms with Crippen LogP contribution in [0.5, 0.6) is 0 Å². The number of rotatable bonds is 4. The fourth-order valence-electron chi connectivity index (χ4n) is 3.22. The van der Waals surface area contributed by atoms with E-state index in [0.29, 0.717) is 11.5 Å². The molecule has 2 rings (SSSR count). The van der Waals surface area contributed by atoms with E-state index in [1.807, 2.05) is 6.92 Å². The summed E-state index contributed by atoms with van der Waals surface area (Å²) >= 11 is 0. The quantitative estimate of drug-likeness (QED) is 0.454. The molecular weight excluding hydrogens is 268 g/mol. The zero-order chi connectivity index (χ0) is 15.6. The lowest BCUT2D eigenvalue weighted by Crippen LogP contribution is -2.18. The van der Waals surface area contributed by atoms with E-state index < -0.39 is 0 Å². The van der Waals surface area contributed by atoms with E-state index in [-0.39, 0.29) is 30.1 Å². The minimum absolute atomic E-state index is 0.0281. The van der Waals surface area contributed by atoms with E-state index in [4.69, 9.17) is 9.47 Å². The summed E-state index contributed by atoms with van der Waals surface area (Å²) in [5.41, 5.74) is 1.98. The number of allylic oxidation sites excluding steroid dienone is 2. The summed E-state index contributed by atoms with van der Waals surface area (Å²) in [4.78, 5) is 22.5. The highest BCUT2D eigenvalue weighted by Gasteiger charge is 2.40. The third kappa shape index (κ3) is 3.74. The summed E-state index contributed by atoms with van der Waals surface area (Å²) in [5.74, 6) is 0.0345. The molecule has 0 saturated carbocycles. The smallest absolute Gasteiger partial charge is 0.334 e. The summed E-state index contributed by atoms with van der Waals surface area (Å²) in [5, 5.41) is 0. The Morgan fingerprint density at radius 3 is 2.95 bits per heavy atom. The highest BCUT2D eigenvalue weighted by Crippen LogP contribution is 2.39. The molecule has 0 aromatic carbocycles. The van der Waals surface area contributed by atoms with Crippen LogP contribution >= 0.6 is 0 Å². The predicted octanol–water partition coefficient (Wildman–Crippen LogP) is 3.17. The van der Waals surface area contributed by atoms with Crippen molar-refractivity contribution in [2.75, 3.05) is 0 Å². The second-order valence-electron chi connectivity index (χ2n) is 6.19. The Morgan fingerprint density at radius 2 is 2.29 bits per heavy atom. The van der Waals surface area contributed by atoms with E-state index >= 15 is 0 Å². The van der Waals surface area contributed by atoms with Crippen molar-refractivity contribution in [3.63, 3.8) is 0 Å². The summed E-state index contributed by atoms with van der Waals surface area (Å²) in [6.07, 6.45) is 5.54. The fraction of sp³-hybridized carbons (Fsp3) is 0.647. The molecule has 4 nitrogen and oxygen atoms in total. The molecule has 0 aromatic rings. The molecule has 0 spiro atoms. The van der Waals surface area contributed by atoms with Gasteiger partial charge in [-0.3, -0.25) is 4.79 Å². The average Bonchev–Trinajstić information content (AvgIpc) is 2.56. The first-order chi connectivity index (χ1) is 9.88. The molecule has 21 heavy (non-hydrogen) atoms. The van der Waals surface area contributed by atoms with Gasteiger partial charge in [0.15, 0.2) is 0 Å². The van der Waals surface area contributed by atoms with Crippen molar-refractivity contribution in [2.24, 2.45) is 11.8 Å². The van der Waals surface area contributed by atoms with Gasteiger partial charge in [0.1, 0.15) is 6.10 Å². The molecule has 0 radical (unpaired) electrons. The molecule has 1 aliphatic carbocycles. The molecule has 0 bridgehead atoms. The van der Waals surface area contributed by atoms with Crippen LogP contribution in [0.1, 0.15) is 46.5 Å². The Hall–Kier alpha value is -1.58. The number of fused-ring (bicyclic) bond motifs is 1. The summed E-state index contributed by atoms with van der Waals surface area (Å²) < 4.78 is 10.6. The van der Waals surface area contributed by atoms with Gasteiger partial charge in [0.25, 0.3) is 0 Å². The largest absolute Gasteiger partial charge is 0.463 e. The van der Waals surface area contributed by atoms with Crippen molar-refractivity contribution in [3.8, 4) is 0 Å². The van der Waals surface area contributed by atoms with Crippen molar-refractivity contribution in [1.29, 1.82) is 0 Å². The summed E-state index contributed by atoms with van der Waals surface area (Å²) in [6.45, 7) is 9.38. The standard InChI is InChI=1S/C17H24O4/c1-10-9-16-15(12(3)17(19)21-16)8-7-14(10)6-5-11(2)20-13(4)18/h7,10-11,15-16H,3,5-6,8-9H2,1-2,4H3/t10-,11+,15+,16+/m0/s1. The molecule has 0 amide bonds. The van der Waals surface area contributed by atoms with Gasteiger partial charge in [0.05, 0.1) is 6.10 Å². The van der Waals surface area contributed by atoms with Crippen LogP contribution in [-0.2, 0) is 19.1 Å². The van der Waals surface area contributed by atoms with E-state index in [0.717, 1.165) is 25.7 Å². The van der Waals surface area contributed by atoms with Gasteiger partial charge in [-0.1, -0.05) is 25.2 Å². The topological polar surface area (TPSA) is 52.6 Å². The van der Waals surface area contributed by atoms with Gasteiger partial charge in [-0.15, -0.1) is 0 Å². The third-order valence-electron chi connectivity index (χ3n) is 4.48. The van der Waals surface area contributed by atoms with E-state index in [1.165, 1.54) is 12.5 Å². The van der Waals surface area contributed by atoms with Crippen LogP contribution in [0.15, 0.2) is 23.8 Å². The Morgan fingerprint density at radius 1 is 1.57 bits per heavy atom. The van der Waals surface area contributed by atoms with E-state index in [2.05, 4.69) is 19.6 Å². The molecule has 1 saturated heterocycles. The highest BCUT2D eigenvalue weighted by molar-refractivity contribution is 5.90. The van der Waals surface area contributed by atoms with Gasteiger partial charge in [-0.05, 0) is 38.5 Å². The van der Waals surface area contributed by atoms with E-state index in [9.17, 15) is 9.59 Å². The predicted molar refractivity (Wildman–Crippen MR) is 79.5 cm³/mol. The van der Waals surface area contributed by atoms with Crippen molar-refractivity contribution in [3.05, 3.63) is 23.8 Å². The van der Waals surface area contributed by atoms with Crippen molar-refractivity contribution >= 4 is 11.9 Å². The first kappa shape index (κ1) is 15.8. The molecule has 0 N–H and O–H groups in total. The summed E-state index contributed by atoms with van der Waals surface area (Å²) in [7, 11) is 0. The number of carbonyl (C=O) groups is 2. The number of carbonyl (C=O) groups excluding carboxylic acids is 2. The zero-order valence-electron chi connectivity index (χ0n) is 13.1. The van der Waals surface area contributed by atoms with Crippen LogP contribution in [-0.4, -0.2) is 24.1 Å². The molecule has 1 fully saturated rings. The van der Waals surface area contributed by atoms with Gasteiger partial charge in [-0.2, -0.15) is 0 Å². The monoisotopic (exact) mass is 292 g/mol. The third-order valence-corrected chi connectivity index (χ3v) is 4.48. The van der Waals surface area contributed by atoms with E-state index in [1.54, 1.807) is 0 Å². The minimum atomic E-state index is -0.238. The highest BCUT2D eigenvalue weighted by atomic mass is 16.6. The zero-order valence-corrected chi connectivity index (χ0v) is 13.1. The number of hydrogen-bond donors (Lipinski definition) is 0. The molecule has 116 valence electrons. The minimum Gasteiger partial charge on any atom is -0.463 e. The van der Waals surface area contributed by atoms with Crippen LogP contribution in [0, 0.1) is 11.8 Å². The Balaban J connectivity index is 1.95. The maximum absolute atomic E-state index is 11.6. The molecule has 4 heteroatoms. The number of hydrogen-bond acceptors (Lipinski definition) is 4. The fourth-order valence-corrected chi connectivity index (χ4v) is 3.22. The molecule has 2 aliphatic rings. The maximum Gasteiger partial charge on any atom is 0.334 e. The van der Waals surface area contributed by atoms with Gasteiger partial charge >= 0.3 is 11.9 Å². The summed E-state index contributed by atoms with van der Waals surface area (Å²) in [6, 6.07) is 0. The van der Waals surface area contributed by atoms with Crippen LogP contribution in [0.3, 0.4) is 0 Å². The van der Waals surface area contributed by atoms with Crippen LogP contribution < -0.4 is 0 Å². The van der Waals surface area contributed by atoms with Gasteiger partial charge in [0, 0.05) is 18.4 Å². The number of esters is 2. The first-order valence-electron chi connectivity index (χ1n) is 7.64. The maximum atomic E-state index is 11.6. The molecule has 0 aromatic heterocycles. The molecule has 4 atom stereocenters. The Kier molecular flexibility index (Phi) is 4.86. The lowest BCUT2D eigenvalue weighted by Gasteiger charge is -2.19. The SMILES string of the molecule is C=C1C(=O)O[C@@H]2C[C@H](C)C(CC[C@@H](C)OC(C)=O)=CC[C@H]12. The first-order valence-corrected chi connectivity index (χ1v) is 7.64. The van der Waals surface area contributed by atoms with Crippen LogP contribution in [0.4, 0.5) is 0 Å². The molecular formula is C17H24O4. The molecule has 1 aliphatic heterocycles. The normalized spacial score (nSPS) is 30.0.